The predicted molar refractivity (Wildman–Crippen MR) is 137 cm³/mol. The highest BCUT2D eigenvalue weighted by Crippen LogP contribution is 2.30. The Hall–Kier alpha value is -3.36. The first-order valence-corrected chi connectivity index (χ1v) is 13.2. The molecule has 1 aliphatic rings. The molecule has 0 aromatic heterocycles. The molecule has 3 aromatic rings. The molecule has 0 aliphatic carbocycles. The Morgan fingerprint density at radius 3 is 2.20 bits per heavy atom. The van der Waals surface area contributed by atoms with Crippen molar-refractivity contribution in [2.45, 2.75) is 24.2 Å². The van der Waals surface area contributed by atoms with Gasteiger partial charge in [-0.1, -0.05) is 54.1 Å². The number of rotatable bonds is 7. The van der Waals surface area contributed by atoms with Gasteiger partial charge in [0.2, 0.25) is 5.91 Å². The van der Waals surface area contributed by atoms with E-state index < -0.39 is 22.5 Å². The van der Waals surface area contributed by atoms with E-state index in [0.29, 0.717) is 24.3 Å². The first-order chi connectivity index (χ1) is 16.9. The third-order valence-electron chi connectivity index (χ3n) is 5.81. The number of likely N-dealkylation sites (tertiary alicyclic amines) is 1. The zero-order valence-electron chi connectivity index (χ0n) is 19.1. The fraction of sp³-hybridized carbons (Fsp3) is 0.231. The second-order valence-electron chi connectivity index (χ2n) is 8.22. The molecule has 0 bridgehead atoms. The summed E-state index contributed by atoms with van der Waals surface area (Å²) in [6, 6.07) is 21.1. The van der Waals surface area contributed by atoms with Crippen LogP contribution in [0.1, 0.15) is 29.6 Å². The van der Waals surface area contributed by atoms with Crippen molar-refractivity contribution in [1.82, 2.24) is 4.90 Å². The molecular formula is C26H26ClN3O4S. The fourth-order valence-corrected chi connectivity index (χ4v) is 5.79. The number of piperidine rings is 1. The van der Waals surface area contributed by atoms with E-state index >= 15 is 0 Å². The molecule has 2 amide bonds. The average molecular weight is 512 g/mol. The van der Waals surface area contributed by atoms with Gasteiger partial charge in [0.1, 0.15) is 6.54 Å². The van der Waals surface area contributed by atoms with Gasteiger partial charge in [-0.3, -0.25) is 13.9 Å². The molecule has 0 spiro atoms. The number of halogens is 1. The maximum absolute atomic E-state index is 13.5. The minimum absolute atomic E-state index is 0.0356. The molecule has 182 valence electrons. The number of nitrogens with one attached hydrogen (secondary N) is 1. The molecule has 7 nitrogen and oxygen atoms in total. The van der Waals surface area contributed by atoms with Crippen LogP contribution in [0.4, 0.5) is 11.4 Å². The molecule has 1 aliphatic heterocycles. The summed E-state index contributed by atoms with van der Waals surface area (Å²) in [5.74, 6) is -0.746. The minimum atomic E-state index is -4.09. The molecule has 0 radical (unpaired) electrons. The van der Waals surface area contributed by atoms with E-state index in [9.17, 15) is 18.0 Å². The van der Waals surface area contributed by atoms with Gasteiger partial charge in [0, 0.05) is 13.1 Å². The van der Waals surface area contributed by atoms with E-state index in [0.717, 1.165) is 23.6 Å². The number of benzene rings is 3. The topological polar surface area (TPSA) is 86.8 Å². The predicted octanol–water partition coefficient (Wildman–Crippen LogP) is 4.80. The molecule has 1 N–H and O–H groups in total. The standard InChI is InChI=1S/C26H26ClN3O4S/c27-22-14-6-8-16-24(22)30(35(33,34)20-11-3-1-4-12-20)19-25(31)28-23-15-7-5-13-21(23)26(32)29-17-9-2-10-18-29/h1,3-8,11-16H,2,9-10,17-19H2,(H,28,31). The zero-order chi connectivity index (χ0) is 24.8. The molecule has 9 heteroatoms. The van der Waals surface area contributed by atoms with Crippen LogP contribution in [0, 0.1) is 0 Å². The van der Waals surface area contributed by atoms with E-state index in [-0.39, 0.29) is 21.5 Å². The van der Waals surface area contributed by atoms with Gasteiger partial charge in [-0.05, 0) is 55.7 Å². The van der Waals surface area contributed by atoms with Gasteiger partial charge in [0.15, 0.2) is 0 Å². The van der Waals surface area contributed by atoms with Crippen LogP contribution in [0.5, 0.6) is 0 Å². The van der Waals surface area contributed by atoms with Gasteiger partial charge < -0.3 is 10.2 Å². The normalized spacial score (nSPS) is 13.8. The molecule has 3 aromatic carbocycles. The monoisotopic (exact) mass is 511 g/mol. The summed E-state index contributed by atoms with van der Waals surface area (Å²) in [4.78, 5) is 28.1. The molecule has 1 heterocycles. The summed E-state index contributed by atoms with van der Waals surface area (Å²) in [6.07, 6.45) is 2.99. The summed E-state index contributed by atoms with van der Waals surface area (Å²) in [5, 5.41) is 2.93. The van der Waals surface area contributed by atoms with E-state index in [1.807, 2.05) is 0 Å². The fourth-order valence-electron chi connectivity index (χ4n) is 4.04. The van der Waals surface area contributed by atoms with Gasteiger partial charge >= 0.3 is 0 Å². The Balaban J connectivity index is 1.62. The smallest absolute Gasteiger partial charge is 0.264 e. The highest BCUT2D eigenvalue weighted by molar-refractivity contribution is 7.92. The van der Waals surface area contributed by atoms with Gasteiger partial charge in [0.05, 0.1) is 26.9 Å². The van der Waals surface area contributed by atoms with Crippen LogP contribution in [0.25, 0.3) is 0 Å². The van der Waals surface area contributed by atoms with Gasteiger partial charge in [-0.25, -0.2) is 8.42 Å². The van der Waals surface area contributed by atoms with Crippen molar-refractivity contribution in [2.75, 3.05) is 29.3 Å². The Labute approximate surface area is 210 Å². The Morgan fingerprint density at radius 1 is 0.857 bits per heavy atom. The minimum Gasteiger partial charge on any atom is -0.339 e. The lowest BCUT2D eigenvalue weighted by Gasteiger charge is -2.28. The molecular weight excluding hydrogens is 486 g/mol. The highest BCUT2D eigenvalue weighted by Gasteiger charge is 2.29. The number of carbonyl (C=O) groups is 2. The van der Waals surface area contributed by atoms with Gasteiger partial charge in [-0.2, -0.15) is 0 Å². The Morgan fingerprint density at radius 2 is 1.49 bits per heavy atom. The lowest BCUT2D eigenvalue weighted by Crippen LogP contribution is -2.39. The van der Waals surface area contributed by atoms with Gasteiger partial charge in [0.25, 0.3) is 15.9 Å². The van der Waals surface area contributed by atoms with E-state index in [2.05, 4.69) is 5.32 Å². The molecule has 0 atom stereocenters. The Bertz CT molecular complexity index is 1310. The highest BCUT2D eigenvalue weighted by atomic mass is 35.5. The zero-order valence-corrected chi connectivity index (χ0v) is 20.6. The lowest BCUT2D eigenvalue weighted by atomic mass is 10.1. The van der Waals surface area contributed by atoms with E-state index in [4.69, 9.17) is 11.6 Å². The van der Waals surface area contributed by atoms with Crippen LogP contribution < -0.4 is 9.62 Å². The van der Waals surface area contributed by atoms with Crippen molar-refractivity contribution >= 4 is 44.8 Å². The summed E-state index contributed by atoms with van der Waals surface area (Å²) in [7, 11) is -4.09. The van der Waals surface area contributed by atoms with Crippen LogP contribution in [0.3, 0.4) is 0 Å². The van der Waals surface area contributed by atoms with Crippen molar-refractivity contribution in [3.8, 4) is 0 Å². The van der Waals surface area contributed by atoms with Crippen LogP contribution in [0.2, 0.25) is 5.02 Å². The summed E-state index contributed by atoms with van der Waals surface area (Å²) >= 11 is 6.32. The first-order valence-electron chi connectivity index (χ1n) is 11.4. The van der Waals surface area contributed by atoms with Crippen molar-refractivity contribution in [1.29, 1.82) is 0 Å². The molecule has 35 heavy (non-hydrogen) atoms. The number of carbonyl (C=O) groups excluding carboxylic acids is 2. The molecule has 4 rings (SSSR count). The third-order valence-corrected chi connectivity index (χ3v) is 7.91. The van der Waals surface area contributed by atoms with Crippen molar-refractivity contribution in [3.05, 3.63) is 89.4 Å². The quantitative estimate of drug-likeness (QED) is 0.493. The van der Waals surface area contributed by atoms with Crippen molar-refractivity contribution in [3.63, 3.8) is 0 Å². The SMILES string of the molecule is O=C(CN(c1ccccc1Cl)S(=O)(=O)c1ccccc1)Nc1ccccc1C(=O)N1CCCCC1. The maximum Gasteiger partial charge on any atom is 0.264 e. The van der Waals surface area contributed by atoms with Gasteiger partial charge in [-0.15, -0.1) is 0 Å². The molecule has 0 unspecified atom stereocenters. The molecule has 0 saturated carbocycles. The summed E-state index contributed by atoms with van der Waals surface area (Å²) < 4.78 is 27.9. The number of hydrogen-bond donors (Lipinski definition) is 1. The van der Waals surface area contributed by atoms with Crippen molar-refractivity contribution in [2.24, 2.45) is 0 Å². The van der Waals surface area contributed by atoms with E-state index in [1.54, 1.807) is 71.6 Å². The van der Waals surface area contributed by atoms with Crippen LogP contribution >= 0.6 is 11.6 Å². The van der Waals surface area contributed by atoms with Crippen LogP contribution in [0.15, 0.2) is 83.8 Å². The van der Waals surface area contributed by atoms with Crippen molar-refractivity contribution < 1.29 is 18.0 Å². The Kier molecular flexibility index (Phi) is 7.73. The maximum atomic E-state index is 13.5. The number of amides is 2. The number of hydrogen-bond acceptors (Lipinski definition) is 4. The molecule has 1 fully saturated rings. The third kappa shape index (κ3) is 5.66. The summed E-state index contributed by atoms with van der Waals surface area (Å²) in [5.41, 5.74) is 0.896. The number of nitrogens with zero attached hydrogens (tertiary/aromatic N) is 2. The van der Waals surface area contributed by atoms with Crippen LogP contribution in [-0.2, 0) is 14.8 Å². The lowest BCUT2D eigenvalue weighted by molar-refractivity contribution is -0.114. The number of anilines is 2. The second-order valence-corrected chi connectivity index (χ2v) is 10.5. The van der Waals surface area contributed by atoms with E-state index in [1.165, 1.54) is 12.1 Å². The number of para-hydroxylation sites is 2. The first kappa shape index (κ1) is 24.8. The average Bonchev–Trinajstić information content (AvgIpc) is 2.89. The largest absolute Gasteiger partial charge is 0.339 e. The second kappa shape index (κ2) is 10.9. The van der Waals surface area contributed by atoms with Crippen LogP contribution in [-0.4, -0.2) is 44.8 Å². The molecule has 1 saturated heterocycles. The summed E-state index contributed by atoms with van der Waals surface area (Å²) in [6.45, 7) is 0.834. The number of sulfonamides is 1.